The van der Waals surface area contributed by atoms with Gasteiger partial charge in [0.1, 0.15) is 5.82 Å². The van der Waals surface area contributed by atoms with E-state index in [1.54, 1.807) is 19.2 Å². The maximum atomic E-state index is 13.4. The lowest BCUT2D eigenvalue weighted by Crippen LogP contribution is -2.39. The molecule has 0 aliphatic carbocycles. The Bertz CT molecular complexity index is 845. The molecule has 6 heteroatoms. The molecule has 0 unspecified atom stereocenters. The fourth-order valence-corrected chi connectivity index (χ4v) is 2.86. The van der Waals surface area contributed by atoms with Crippen LogP contribution in [0.15, 0.2) is 59.7 Å². The number of aromatic amines is 1. The number of nitrogens with one attached hydrogen (secondary N) is 3. The molecule has 0 saturated heterocycles. The van der Waals surface area contributed by atoms with Crippen molar-refractivity contribution >= 4 is 40.8 Å². The van der Waals surface area contributed by atoms with Crippen molar-refractivity contribution in [2.45, 2.75) is 12.8 Å². The van der Waals surface area contributed by atoms with Gasteiger partial charge < -0.3 is 15.6 Å². The molecule has 0 spiro atoms. The van der Waals surface area contributed by atoms with E-state index in [0.717, 1.165) is 48.4 Å². The Labute approximate surface area is 170 Å². The molecule has 26 heavy (non-hydrogen) atoms. The normalized spacial score (nSPS) is 11.2. The van der Waals surface area contributed by atoms with Gasteiger partial charge in [0.25, 0.3) is 0 Å². The second-order valence-corrected chi connectivity index (χ2v) is 5.92. The van der Waals surface area contributed by atoms with Gasteiger partial charge in [0.15, 0.2) is 5.96 Å². The Morgan fingerprint density at radius 3 is 2.50 bits per heavy atom. The molecule has 0 atom stereocenters. The van der Waals surface area contributed by atoms with Crippen LogP contribution in [0, 0.1) is 5.82 Å². The molecule has 0 saturated carbocycles. The number of halogens is 2. The zero-order valence-electron chi connectivity index (χ0n) is 14.8. The number of nitrogens with zero attached hydrogens (tertiary/aromatic N) is 1. The first-order valence-electron chi connectivity index (χ1n) is 8.50. The third-order valence-electron chi connectivity index (χ3n) is 4.19. The molecule has 0 bridgehead atoms. The van der Waals surface area contributed by atoms with E-state index in [9.17, 15) is 4.39 Å². The largest absolute Gasteiger partial charge is 0.361 e. The first kappa shape index (κ1) is 20.2. The summed E-state index contributed by atoms with van der Waals surface area (Å²) in [5.74, 6) is 0.571. The van der Waals surface area contributed by atoms with Crippen LogP contribution in [0.3, 0.4) is 0 Å². The van der Waals surface area contributed by atoms with Gasteiger partial charge >= 0.3 is 0 Å². The van der Waals surface area contributed by atoms with Gasteiger partial charge in [-0.15, -0.1) is 24.0 Å². The molecule has 1 heterocycles. The smallest absolute Gasteiger partial charge is 0.190 e. The van der Waals surface area contributed by atoms with Crippen LogP contribution in [0.5, 0.6) is 0 Å². The van der Waals surface area contributed by atoms with Crippen molar-refractivity contribution in [2.75, 3.05) is 20.1 Å². The third kappa shape index (κ3) is 5.45. The lowest BCUT2D eigenvalue weighted by atomic mass is 10.1. The van der Waals surface area contributed by atoms with Crippen LogP contribution in [0.2, 0.25) is 0 Å². The van der Waals surface area contributed by atoms with E-state index in [1.807, 2.05) is 24.4 Å². The monoisotopic (exact) mass is 466 g/mol. The average molecular weight is 466 g/mol. The number of benzene rings is 2. The summed E-state index contributed by atoms with van der Waals surface area (Å²) < 4.78 is 13.4. The van der Waals surface area contributed by atoms with Crippen molar-refractivity contribution in [3.63, 3.8) is 0 Å². The summed E-state index contributed by atoms with van der Waals surface area (Å²) in [6.45, 7) is 1.55. The van der Waals surface area contributed by atoms with Gasteiger partial charge in [-0.1, -0.05) is 30.3 Å². The zero-order valence-corrected chi connectivity index (χ0v) is 17.1. The van der Waals surface area contributed by atoms with E-state index in [-0.39, 0.29) is 29.8 Å². The highest BCUT2D eigenvalue weighted by atomic mass is 127. The average Bonchev–Trinajstić information content (AvgIpc) is 3.03. The molecule has 3 aromatic rings. The highest BCUT2D eigenvalue weighted by Gasteiger charge is 2.05. The highest BCUT2D eigenvalue weighted by molar-refractivity contribution is 14.0. The number of fused-ring (bicyclic) bond motifs is 1. The summed E-state index contributed by atoms with van der Waals surface area (Å²) in [6, 6.07) is 15.2. The van der Waals surface area contributed by atoms with Gasteiger partial charge in [0, 0.05) is 37.2 Å². The molecule has 0 aliphatic rings. The minimum Gasteiger partial charge on any atom is -0.361 e. The number of hydrogen-bond donors (Lipinski definition) is 3. The molecular formula is C20H24FIN4. The summed E-state index contributed by atoms with van der Waals surface area (Å²) >= 11 is 0. The Hall–Kier alpha value is -2.09. The van der Waals surface area contributed by atoms with Crippen molar-refractivity contribution in [1.29, 1.82) is 0 Å². The molecule has 1 aromatic heterocycles. The molecule has 0 amide bonds. The second kappa shape index (κ2) is 10.2. The van der Waals surface area contributed by atoms with Crippen LogP contribution in [-0.4, -0.2) is 31.1 Å². The van der Waals surface area contributed by atoms with E-state index < -0.39 is 0 Å². The van der Waals surface area contributed by atoms with Gasteiger partial charge in [-0.3, -0.25) is 4.99 Å². The van der Waals surface area contributed by atoms with Gasteiger partial charge in [-0.05, 0) is 42.2 Å². The summed E-state index contributed by atoms with van der Waals surface area (Å²) in [5, 5.41) is 7.56. The number of H-pyrrole nitrogens is 1. The van der Waals surface area contributed by atoms with Crippen LogP contribution in [0.4, 0.5) is 4.39 Å². The molecule has 0 radical (unpaired) electrons. The predicted octanol–water partition coefficient (Wildman–Crippen LogP) is 3.88. The number of guanidine groups is 1. The summed E-state index contributed by atoms with van der Waals surface area (Å²) in [5.41, 5.74) is 3.36. The maximum Gasteiger partial charge on any atom is 0.190 e. The molecular weight excluding hydrogens is 442 g/mol. The Kier molecular flexibility index (Phi) is 7.90. The molecule has 0 aliphatic heterocycles. The highest BCUT2D eigenvalue weighted by Crippen LogP contribution is 2.19. The number of aromatic nitrogens is 1. The minimum atomic E-state index is -0.209. The van der Waals surface area contributed by atoms with Crippen LogP contribution in [0.1, 0.15) is 11.1 Å². The molecule has 2 aromatic carbocycles. The van der Waals surface area contributed by atoms with Crippen molar-refractivity contribution in [3.05, 3.63) is 71.7 Å². The van der Waals surface area contributed by atoms with E-state index in [2.05, 4.69) is 32.7 Å². The van der Waals surface area contributed by atoms with Crippen molar-refractivity contribution in [2.24, 2.45) is 4.99 Å². The van der Waals surface area contributed by atoms with Crippen molar-refractivity contribution < 1.29 is 4.39 Å². The quantitative estimate of drug-likeness (QED) is 0.294. The van der Waals surface area contributed by atoms with Crippen LogP contribution in [-0.2, 0) is 12.8 Å². The molecule has 3 rings (SSSR count). The lowest BCUT2D eigenvalue weighted by Gasteiger charge is -2.11. The third-order valence-corrected chi connectivity index (χ3v) is 4.19. The molecule has 0 fully saturated rings. The van der Waals surface area contributed by atoms with Crippen LogP contribution in [0.25, 0.3) is 10.9 Å². The standard InChI is InChI=1S/C20H23FN4.HI/c1-22-20(23-11-9-15-5-3-2-4-6-15)24-12-10-16-14-25-19-8-7-17(21)13-18(16)19;/h2-8,13-14,25H,9-12H2,1H3,(H2,22,23,24);1H. The number of rotatable bonds is 6. The Balaban J connectivity index is 0.00000243. The Morgan fingerprint density at radius 2 is 1.77 bits per heavy atom. The molecule has 3 N–H and O–H groups in total. The Morgan fingerprint density at radius 1 is 1.04 bits per heavy atom. The first-order chi connectivity index (χ1) is 12.3. The number of aliphatic imine (C=N–C) groups is 1. The van der Waals surface area contributed by atoms with Crippen molar-refractivity contribution in [1.82, 2.24) is 15.6 Å². The number of hydrogen-bond acceptors (Lipinski definition) is 1. The van der Waals surface area contributed by atoms with E-state index in [0.29, 0.717) is 0 Å². The summed E-state index contributed by atoms with van der Waals surface area (Å²) in [4.78, 5) is 7.42. The predicted molar refractivity (Wildman–Crippen MR) is 117 cm³/mol. The van der Waals surface area contributed by atoms with Crippen LogP contribution < -0.4 is 10.6 Å². The van der Waals surface area contributed by atoms with E-state index >= 15 is 0 Å². The van der Waals surface area contributed by atoms with E-state index in [4.69, 9.17) is 0 Å². The fraction of sp³-hybridized carbons (Fsp3) is 0.250. The molecule has 138 valence electrons. The topological polar surface area (TPSA) is 52.2 Å². The molecule has 4 nitrogen and oxygen atoms in total. The summed E-state index contributed by atoms with van der Waals surface area (Å²) in [7, 11) is 1.76. The first-order valence-corrected chi connectivity index (χ1v) is 8.50. The summed E-state index contributed by atoms with van der Waals surface area (Å²) in [6.07, 6.45) is 3.68. The second-order valence-electron chi connectivity index (χ2n) is 5.92. The van der Waals surface area contributed by atoms with Crippen LogP contribution >= 0.6 is 24.0 Å². The maximum absolute atomic E-state index is 13.4. The van der Waals surface area contributed by atoms with Gasteiger partial charge in [0.05, 0.1) is 0 Å². The lowest BCUT2D eigenvalue weighted by molar-refractivity contribution is 0.629. The van der Waals surface area contributed by atoms with E-state index in [1.165, 1.54) is 11.6 Å². The van der Waals surface area contributed by atoms with Gasteiger partial charge in [0.2, 0.25) is 0 Å². The van der Waals surface area contributed by atoms with Gasteiger partial charge in [-0.2, -0.15) is 0 Å². The fourth-order valence-electron chi connectivity index (χ4n) is 2.86. The zero-order chi connectivity index (χ0) is 17.5. The van der Waals surface area contributed by atoms with Gasteiger partial charge in [-0.25, -0.2) is 4.39 Å². The minimum absolute atomic E-state index is 0. The van der Waals surface area contributed by atoms with Crippen molar-refractivity contribution in [3.8, 4) is 0 Å². The SMILES string of the molecule is CN=C(NCCc1ccccc1)NCCc1c[nH]c2ccc(F)cc12.I.